The number of hydrazone groups is 1. The minimum Gasteiger partial charge on any atom is -0.482 e. The molecule has 22 heavy (non-hydrogen) atoms. The summed E-state index contributed by atoms with van der Waals surface area (Å²) in [5.74, 6) is -0.0377. The first-order chi connectivity index (χ1) is 10.5. The number of benzene rings is 2. The normalized spacial score (nSPS) is 10.7. The molecule has 0 bridgehead atoms. The lowest BCUT2D eigenvalue weighted by molar-refractivity contribution is -0.123. The zero-order valence-electron chi connectivity index (χ0n) is 11.2. The lowest BCUT2D eigenvalue weighted by Crippen LogP contribution is -2.24. The Hall–Kier alpha value is -1.75. The molecule has 2 aromatic rings. The Morgan fingerprint density at radius 3 is 2.64 bits per heavy atom. The van der Waals surface area contributed by atoms with E-state index in [1.807, 2.05) is 6.07 Å². The third kappa shape index (κ3) is 5.22. The van der Waals surface area contributed by atoms with Crippen molar-refractivity contribution in [3.8, 4) is 5.75 Å². The molecule has 0 saturated carbocycles. The summed E-state index contributed by atoms with van der Waals surface area (Å²) < 4.78 is 5.28. The number of ether oxygens (including phenoxy) is 1. The molecule has 0 aliphatic carbocycles. The molecule has 2 aromatic carbocycles. The number of carbonyl (C=O) groups excluding carboxylic acids is 1. The van der Waals surface area contributed by atoms with Crippen molar-refractivity contribution in [2.75, 3.05) is 6.61 Å². The molecule has 0 aliphatic rings. The number of hydrogen-bond donors (Lipinski definition) is 1. The van der Waals surface area contributed by atoms with Gasteiger partial charge in [0.1, 0.15) is 5.75 Å². The molecule has 0 spiro atoms. The van der Waals surface area contributed by atoms with Gasteiger partial charge in [-0.3, -0.25) is 4.79 Å². The Bertz CT molecular complexity index is 705. The Morgan fingerprint density at radius 1 is 1.14 bits per heavy atom. The van der Waals surface area contributed by atoms with Crippen LogP contribution in [0.5, 0.6) is 5.75 Å². The van der Waals surface area contributed by atoms with Crippen molar-refractivity contribution in [2.45, 2.75) is 0 Å². The number of amides is 1. The molecule has 0 heterocycles. The van der Waals surface area contributed by atoms with Crippen LogP contribution < -0.4 is 10.2 Å². The van der Waals surface area contributed by atoms with Crippen LogP contribution in [0.4, 0.5) is 0 Å². The third-order valence-electron chi connectivity index (χ3n) is 2.50. The highest BCUT2D eigenvalue weighted by atomic mass is 35.5. The monoisotopic (exact) mass is 356 g/mol. The second-order valence-corrected chi connectivity index (χ2v) is 5.49. The van der Waals surface area contributed by atoms with Crippen molar-refractivity contribution in [2.24, 2.45) is 5.10 Å². The van der Waals surface area contributed by atoms with E-state index in [0.717, 1.165) is 5.56 Å². The molecule has 1 N–H and O–H groups in total. The van der Waals surface area contributed by atoms with E-state index < -0.39 is 5.91 Å². The summed E-state index contributed by atoms with van der Waals surface area (Å²) in [7, 11) is 0. The van der Waals surface area contributed by atoms with E-state index >= 15 is 0 Å². The van der Waals surface area contributed by atoms with Crippen LogP contribution in [0.1, 0.15) is 5.56 Å². The lowest BCUT2D eigenvalue weighted by Gasteiger charge is -2.06. The van der Waals surface area contributed by atoms with Gasteiger partial charge in [-0.25, -0.2) is 5.43 Å². The molecule has 0 atom stereocenters. The first-order valence-corrected chi connectivity index (χ1v) is 7.33. The summed E-state index contributed by atoms with van der Waals surface area (Å²) >= 11 is 17.5. The van der Waals surface area contributed by atoms with Gasteiger partial charge in [0.05, 0.1) is 11.2 Å². The van der Waals surface area contributed by atoms with Crippen LogP contribution in [0.25, 0.3) is 0 Å². The number of hydrogen-bond acceptors (Lipinski definition) is 3. The number of halogens is 3. The number of rotatable bonds is 5. The highest BCUT2D eigenvalue weighted by Gasteiger charge is 2.05. The van der Waals surface area contributed by atoms with Gasteiger partial charge < -0.3 is 4.74 Å². The molecule has 0 unspecified atom stereocenters. The van der Waals surface area contributed by atoms with Crippen molar-refractivity contribution in [3.63, 3.8) is 0 Å². The maximum absolute atomic E-state index is 11.6. The van der Waals surface area contributed by atoms with Crippen molar-refractivity contribution >= 4 is 46.9 Å². The van der Waals surface area contributed by atoms with Crippen LogP contribution in [-0.4, -0.2) is 18.7 Å². The lowest BCUT2D eigenvalue weighted by atomic mass is 10.2. The Balaban J connectivity index is 1.83. The first kappa shape index (κ1) is 16.6. The summed E-state index contributed by atoms with van der Waals surface area (Å²) in [4.78, 5) is 11.6. The zero-order valence-corrected chi connectivity index (χ0v) is 13.5. The van der Waals surface area contributed by atoms with Gasteiger partial charge in [-0.2, -0.15) is 5.10 Å². The fourth-order valence-corrected chi connectivity index (χ4v) is 2.20. The molecular weight excluding hydrogens is 347 g/mol. The predicted octanol–water partition coefficient (Wildman–Crippen LogP) is 4.18. The molecule has 0 fully saturated rings. The summed E-state index contributed by atoms with van der Waals surface area (Å²) in [6.45, 7) is -0.214. The van der Waals surface area contributed by atoms with Crippen molar-refractivity contribution in [1.82, 2.24) is 5.43 Å². The summed E-state index contributed by atoms with van der Waals surface area (Å²) in [5.41, 5.74) is 3.12. The minimum absolute atomic E-state index is 0.214. The average molecular weight is 358 g/mol. The summed E-state index contributed by atoms with van der Waals surface area (Å²) in [5, 5.41) is 5.24. The van der Waals surface area contributed by atoms with Gasteiger partial charge in [-0.1, -0.05) is 46.9 Å². The molecule has 4 nitrogen and oxygen atoms in total. The SMILES string of the molecule is O=C(COc1ccc(Cl)cc1Cl)N/N=C\c1cccc(Cl)c1. The van der Waals surface area contributed by atoms with Crippen molar-refractivity contribution < 1.29 is 9.53 Å². The van der Waals surface area contributed by atoms with E-state index in [0.29, 0.717) is 20.8 Å². The van der Waals surface area contributed by atoms with E-state index in [9.17, 15) is 4.79 Å². The fraction of sp³-hybridized carbons (Fsp3) is 0.0667. The van der Waals surface area contributed by atoms with Crippen LogP contribution in [-0.2, 0) is 4.79 Å². The van der Waals surface area contributed by atoms with E-state index in [4.69, 9.17) is 39.5 Å². The summed E-state index contributed by atoms with van der Waals surface area (Å²) in [6, 6.07) is 11.8. The number of nitrogens with one attached hydrogen (secondary N) is 1. The Labute approximate surface area is 142 Å². The van der Waals surface area contributed by atoms with Gasteiger partial charge in [0.15, 0.2) is 6.61 Å². The average Bonchev–Trinajstić information content (AvgIpc) is 2.46. The Morgan fingerprint density at radius 2 is 1.91 bits per heavy atom. The maximum atomic E-state index is 11.6. The minimum atomic E-state index is -0.413. The van der Waals surface area contributed by atoms with Crippen LogP contribution >= 0.6 is 34.8 Å². The van der Waals surface area contributed by atoms with E-state index in [1.54, 1.807) is 30.3 Å². The molecule has 114 valence electrons. The molecule has 0 saturated heterocycles. The predicted molar refractivity (Wildman–Crippen MR) is 89.1 cm³/mol. The second kappa shape index (κ2) is 8.03. The van der Waals surface area contributed by atoms with E-state index in [1.165, 1.54) is 12.3 Å². The van der Waals surface area contributed by atoms with Gasteiger partial charge in [0.2, 0.25) is 0 Å². The quantitative estimate of drug-likeness (QED) is 0.645. The number of carbonyl (C=O) groups is 1. The largest absolute Gasteiger partial charge is 0.482 e. The van der Waals surface area contributed by atoms with E-state index in [2.05, 4.69) is 10.5 Å². The first-order valence-electron chi connectivity index (χ1n) is 6.20. The standard InChI is InChI=1S/C15H11Cl3N2O2/c16-11-3-1-2-10(6-11)8-19-20-15(21)9-22-14-5-4-12(17)7-13(14)18/h1-8H,9H2,(H,20,21)/b19-8-. The Kier molecular flexibility index (Phi) is 6.07. The molecular formula is C15H11Cl3N2O2. The maximum Gasteiger partial charge on any atom is 0.277 e. The van der Waals surface area contributed by atoms with Crippen molar-refractivity contribution in [1.29, 1.82) is 0 Å². The van der Waals surface area contributed by atoms with Gasteiger partial charge >= 0.3 is 0 Å². The van der Waals surface area contributed by atoms with E-state index in [-0.39, 0.29) is 6.61 Å². The third-order valence-corrected chi connectivity index (χ3v) is 3.27. The summed E-state index contributed by atoms with van der Waals surface area (Å²) in [6.07, 6.45) is 1.49. The van der Waals surface area contributed by atoms with Gasteiger partial charge in [-0.05, 0) is 35.9 Å². The molecule has 1 amide bonds. The van der Waals surface area contributed by atoms with Crippen LogP contribution in [0.3, 0.4) is 0 Å². The van der Waals surface area contributed by atoms with Gasteiger partial charge in [0, 0.05) is 10.0 Å². The van der Waals surface area contributed by atoms with Crippen LogP contribution in [0.15, 0.2) is 47.6 Å². The topological polar surface area (TPSA) is 50.7 Å². The molecule has 0 aromatic heterocycles. The molecule has 0 radical (unpaired) electrons. The number of nitrogens with zero attached hydrogens (tertiary/aromatic N) is 1. The van der Waals surface area contributed by atoms with Crippen molar-refractivity contribution in [3.05, 3.63) is 63.1 Å². The smallest absolute Gasteiger partial charge is 0.277 e. The van der Waals surface area contributed by atoms with Gasteiger partial charge in [0.25, 0.3) is 5.91 Å². The molecule has 7 heteroatoms. The van der Waals surface area contributed by atoms with Crippen LogP contribution in [0.2, 0.25) is 15.1 Å². The van der Waals surface area contributed by atoms with Crippen LogP contribution in [0, 0.1) is 0 Å². The van der Waals surface area contributed by atoms with Gasteiger partial charge in [-0.15, -0.1) is 0 Å². The highest BCUT2D eigenvalue weighted by molar-refractivity contribution is 6.35. The molecule has 0 aliphatic heterocycles. The highest BCUT2D eigenvalue weighted by Crippen LogP contribution is 2.27. The second-order valence-electron chi connectivity index (χ2n) is 4.21. The molecule has 2 rings (SSSR count). The fourth-order valence-electron chi connectivity index (χ4n) is 1.53. The zero-order chi connectivity index (χ0) is 15.9.